The molecule has 2 rings (SSSR count). The third kappa shape index (κ3) is 2.67. The van der Waals surface area contributed by atoms with Crippen molar-refractivity contribution in [1.82, 2.24) is 4.98 Å². The van der Waals surface area contributed by atoms with E-state index in [-0.39, 0.29) is 11.3 Å². The molecular weight excluding hydrogens is 272 g/mol. The lowest BCUT2D eigenvalue weighted by atomic mass is 10.2. The average molecular weight is 277 g/mol. The number of halogens is 2. The Morgan fingerprint density at radius 2 is 2.05 bits per heavy atom. The van der Waals surface area contributed by atoms with Crippen LogP contribution in [0.5, 0.6) is 11.6 Å². The van der Waals surface area contributed by atoms with Crippen LogP contribution in [0.3, 0.4) is 0 Å². The smallest absolute Gasteiger partial charge is 0.290 e. The SMILES string of the molecule is N#Cc1cc(Oc2ncc([N+](=O)[O-])cc2F)ccc1F. The Morgan fingerprint density at radius 3 is 2.65 bits per heavy atom. The Morgan fingerprint density at radius 1 is 1.30 bits per heavy atom. The molecule has 0 aliphatic rings. The van der Waals surface area contributed by atoms with E-state index in [2.05, 4.69) is 4.98 Å². The summed E-state index contributed by atoms with van der Waals surface area (Å²) in [4.78, 5) is 13.1. The van der Waals surface area contributed by atoms with Crippen LogP contribution in [-0.2, 0) is 0 Å². The van der Waals surface area contributed by atoms with Crippen molar-refractivity contribution < 1.29 is 18.4 Å². The minimum Gasteiger partial charge on any atom is -0.436 e. The lowest BCUT2D eigenvalue weighted by Gasteiger charge is -2.05. The van der Waals surface area contributed by atoms with E-state index in [9.17, 15) is 18.9 Å². The molecule has 0 amide bonds. The fourth-order valence-corrected chi connectivity index (χ4v) is 1.36. The van der Waals surface area contributed by atoms with Crippen LogP contribution >= 0.6 is 0 Å². The second-order valence-corrected chi connectivity index (χ2v) is 3.59. The van der Waals surface area contributed by atoms with Gasteiger partial charge in [-0.05, 0) is 12.1 Å². The molecule has 0 saturated carbocycles. The minimum absolute atomic E-state index is 0.0109. The number of nitrogens with zero attached hydrogens (tertiary/aromatic N) is 3. The number of benzene rings is 1. The minimum atomic E-state index is -1.04. The van der Waals surface area contributed by atoms with Crippen LogP contribution in [0.25, 0.3) is 0 Å². The van der Waals surface area contributed by atoms with Gasteiger partial charge in [0, 0.05) is 6.07 Å². The maximum Gasteiger partial charge on any atom is 0.290 e. The van der Waals surface area contributed by atoms with E-state index in [1.807, 2.05) is 0 Å². The number of aromatic nitrogens is 1. The molecule has 1 aromatic carbocycles. The molecule has 0 aliphatic heterocycles. The van der Waals surface area contributed by atoms with Gasteiger partial charge >= 0.3 is 0 Å². The number of nitriles is 1. The van der Waals surface area contributed by atoms with Gasteiger partial charge < -0.3 is 4.74 Å². The number of nitro groups is 1. The van der Waals surface area contributed by atoms with Gasteiger partial charge in [0.15, 0.2) is 5.82 Å². The van der Waals surface area contributed by atoms with Gasteiger partial charge in [-0.15, -0.1) is 0 Å². The Bertz CT molecular complexity index is 728. The highest BCUT2D eigenvalue weighted by molar-refractivity contribution is 5.40. The zero-order valence-corrected chi connectivity index (χ0v) is 9.71. The number of pyridine rings is 1. The largest absolute Gasteiger partial charge is 0.436 e. The standard InChI is InChI=1S/C12H5F2N3O3/c13-10-2-1-9(3-7(10)5-15)20-12-11(14)4-8(6-16-12)17(18)19/h1-4,6H. The van der Waals surface area contributed by atoms with E-state index in [1.165, 1.54) is 6.07 Å². The third-order valence-corrected chi connectivity index (χ3v) is 2.28. The van der Waals surface area contributed by atoms with Gasteiger partial charge in [-0.1, -0.05) is 0 Å². The summed E-state index contributed by atoms with van der Waals surface area (Å²) in [7, 11) is 0. The second-order valence-electron chi connectivity index (χ2n) is 3.59. The molecule has 0 atom stereocenters. The summed E-state index contributed by atoms with van der Waals surface area (Å²) in [5, 5.41) is 19.1. The van der Waals surface area contributed by atoms with Crippen LogP contribution in [0.2, 0.25) is 0 Å². The van der Waals surface area contributed by atoms with Crippen molar-refractivity contribution in [3.63, 3.8) is 0 Å². The summed E-state index contributed by atoms with van der Waals surface area (Å²) in [5.41, 5.74) is -0.795. The lowest BCUT2D eigenvalue weighted by Crippen LogP contribution is -1.96. The number of hydrogen-bond donors (Lipinski definition) is 0. The molecule has 2 aromatic rings. The van der Waals surface area contributed by atoms with E-state index < -0.39 is 28.1 Å². The number of rotatable bonds is 3. The summed E-state index contributed by atoms with van der Waals surface area (Å²) in [6.45, 7) is 0. The summed E-state index contributed by atoms with van der Waals surface area (Å²) in [6, 6.07) is 5.48. The Labute approximate surface area is 111 Å². The Hall–Kier alpha value is -3.08. The van der Waals surface area contributed by atoms with Crippen molar-refractivity contribution in [3.8, 4) is 17.7 Å². The van der Waals surface area contributed by atoms with Crippen molar-refractivity contribution >= 4 is 5.69 Å². The zero-order chi connectivity index (χ0) is 14.7. The van der Waals surface area contributed by atoms with Crippen molar-refractivity contribution in [1.29, 1.82) is 5.26 Å². The molecule has 8 heteroatoms. The van der Waals surface area contributed by atoms with E-state index in [4.69, 9.17) is 10.00 Å². The quantitative estimate of drug-likeness (QED) is 0.635. The molecule has 0 fully saturated rings. The van der Waals surface area contributed by atoms with E-state index >= 15 is 0 Å². The normalized spacial score (nSPS) is 9.85. The van der Waals surface area contributed by atoms with Gasteiger partial charge in [0.2, 0.25) is 0 Å². The molecule has 0 spiro atoms. The van der Waals surface area contributed by atoms with Crippen LogP contribution < -0.4 is 4.74 Å². The number of ether oxygens (including phenoxy) is 1. The first-order chi connectivity index (χ1) is 9.51. The van der Waals surface area contributed by atoms with Gasteiger partial charge in [0.05, 0.1) is 16.6 Å². The van der Waals surface area contributed by atoms with Crippen LogP contribution in [0.4, 0.5) is 14.5 Å². The highest BCUT2D eigenvalue weighted by atomic mass is 19.1. The molecule has 0 radical (unpaired) electrons. The third-order valence-electron chi connectivity index (χ3n) is 2.28. The molecule has 0 N–H and O–H groups in total. The maximum atomic E-state index is 13.5. The first-order valence-corrected chi connectivity index (χ1v) is 5.18. The molecule has 1 heterocycles. The summed E-state index contributed by atoms with van der Waals surface area (Å²) in [6.07, 6.45) is 0.827. The highest BCUT2D eigenvalue weighted by Crippen LogP contribution is 2.26. The van der Waals surface area contributed by atoms with Crippen molar-refractivity contribution in [3.05, 3.63) is 57.8 Å². The van der Waals surface area contributed by atoms with Crippen LogP contribution in [0.1, 0.15) is 5.56 Å². The average Bonchev–Trinajstić information content (AvgIpc) is 2.42. The fraction of sp³-hybridized carbons (Fsp3) is 0. The lowest BCUT2D eigenvalue weighted by molar-refractivity contribution is -0.385. The molecule has 0 unspecified atom stereocenters. The Kier molecular flexibility index (Phi) is 3.52. The fourth-order valence-electron chi connectivity index (χ4n) is 1.36. The van der Waals surface area contributed by atoms with Gasteiger partial charge in [-0.2, -0.15) is 5.26 Å². The molecule has 6 nitrogen and oxygen atoms in total. The number of hydrogen-bond acceptors (Lipinski definition) is 5. The van der Waals surface area contributed by atoms with Crippen molar-refractivity contribution in [2.45, 2.75) is 0 Å². The molecule has 1 aromatic heterocycles. The monoisotopic (exact) mass is 277 g/mol. The van der Waals surface area contributed by atoms with Gasteiger partial charge in [0.1, 0.15) is 23.8 Å². The first-order valence-electron chi connectivity index (χ1n) is 5.18. The Balaban J connectivity index is 2.31. The first kappa shape index (κ1) is 13.4. The van der Waals surface area contributed by atoms with Crippen molar-refractivity contribution in [2.24, 2.45) is 0 Å². The summed E-state index contributed by atoms with van der Waals surface area (Å²) < 4.78 is 31.6. The maximum absolute atomic E-state index is 13.5. The molecule has 0 bridgehead atoms. The summed E-state index contributed by atoms with van der Waals surface area (Å²) >= 11 is 0. The van der Waals surface area contributed by atoms with Crippen LogP contribution in [0.15, 0.2) is 30.5 Å². The highest BCUT2D eigenvalue weighted by Gasteiger charge is 2.14. The second kappa shape index (κ2) is 5.27. The van der Waals surface area contributed by atoms with Gasteiger partial charge in [-0.3, -0.25) is 10.1 Å². The summed E-state index contributed by atoms with van der Waals surface area (Å²) in [5.74, 6) is -2.30. The van der Waals surface area contributed by atoms with Crippen LogP contribution in [-0.4, -0.2) is 9.91 Å². The molecule has 0 aliphatic carbocycles. The molecule has 20 heavy (non-hydrogen) atoms. The molecule has 0 saturated heterocycles. The van der Waals surface area contributed by atoms with Gasteiger partial charge in [-0.25, -0.2) is 13.8 Å². The molecular formula is C12H5F2N3O3. The van der Waals surface area contributed by atoms with E-state index in [0.29, 0.717) is 6.07 Å². The zero-order valence-electron chi connectivity index (χ0n) is 9.71. The van der Waals surface area contributed by atoms with E-state index in [1.54, 1.807) is 6.07 Å². The van der Waals surface area contributed by atoms with Crippen LogP contribution in [0, 0.1) is 33.1 Å². The predicted molar refractivity (Wildman–Crippen MR) is 62.0 cm³/mol. The van der Waals surface area contributed by atoms with Gasteiger partial charge in [0.25, 0.3) is 11.6 Å². The van der Waals surface area contributed by atoms with Crippen molar-refractivity contribution in [2.75, 3.05) is 0 Å². The molecule has 100 valence electrons. The predicted octanol–water partition coefficient (Wildman–Crippen LogP) is 2.93. The topological polar surface area (TPSA) is 89.0 Å². The van der Waals surface area contributed by atoms with E-state index in [0.717, 1.165) is 18.3 Å².